The maximum Gasteiger partial charge on any atom is 0.339 e. The number of carboxylic acids is 1. The van der Waals surface area contributed by atoms with Gasteiger partial charge in [0.2, 0.25) is 5.91 Å². The number of amides is 1. The Hall–Kier alpha value is -1.78. The van der Waals surface area contributed by atoms with Crippen molar-refractivity contribution in [3.8, 4) is 0 Å². The highest BCUT2D eigenvalue weighted by Crippen LogP contribution is 2.17. The second-order valence-corrected chi connectivity index (χ2v) is 5.40. The zero-order valence-corrected chi connectivity index (χ0v) is 10.9. The van der Waals surface area contributed by atoms with E-state index in [1.54, 1.807) is 0 Å². The molecule has 0 aliphatic rings. The minimum absolute atomic E-state index is 0.0426. The van der Waals surface area contributed by atoms with Crippen LogP contribution in [0.15, 0.2) is 16.7 Å². The van der Waals surface area contributed by atoms with Crippen molar-refractivity contribution in [1.82, 2.24) is 5.32 Å². The van der Waals surface area contributed by atoms with E-state index in [9.17, 15) is 9.59 Å². The van der Waals surface area contributed by atoms with Gasteiger partial charge in [-0.1, -0.05) is 20.8 Å². The summed E-state index contributed by atoms with van der Waals surface area (Å²) < 4.78 is 5.00. The van der Waals surface area contributed by atoms with Crippen LogP contribution in [0.4, 0.5) is 0 Å². The molecule has 0 saturated carbocycles. The van der Waals surface area contributed by atoms with E-state index in [-0.39, 0.29) is 29.1 Å². The maximum atomic E-state index is 11.6. The molecule has 2 N–H and O–H groups in total. The molecule has 1 aromatic rings. The molecule has 18 heavy (non-hydrogen) atoms. The number of rotatable bonds is 5. The van der Waals surface area contributed by atoms with Gasteiger partial charge in [-0.3, -0.25) is 4.79 Å². The molecule has 0 radical (unpaired) electrons. The molecular weight excluding hydrogens is 234 g/mol. The summed E-state index contributed by atoms with van der Waals surface area (Å²) in [6, 6.07) is 1.35. The van der Waals surface area contributed by atoms with Crippen LogP contribution in [0.5, 0.6) is 0 Å². The summed E-state index contributed by atoms with van der Waals surface area (Å²) in [6.07, 6.45) is 2.10. The van der Waals surface area contributed by atoms with Gasteiger partial charge in [0.25, 0.3) is 0 Å². The van der Waals surface area contributed by atoms with Crippen LogP contribution in [-0.4, -0.2) is 23.5 Å². The van der Waals surface area contributed by atoms with Crippen LogP contribution in [0.25, 0.3) is 0 Å². The molecule has 0 saturated heterocycles. The van der Waals surface area contributed by atoms with Crippen molar-refractivity contribution >= 4 is 11.9 Å². The lowest BCUT2D eigenvalue weighted by atomic mass is 9.92. The Labute approximate surface area is 106 Å². The van der Waals surface area contributed by atoms with E-state index in [4.69, 9.17) is 9.52 Å². The SMILES string of the molecule is CC(C)(C)CCNC(=O)Cc1occc1C(=O)O. The van der Waals surface area contributed by atoms with Gasteiger partial charge in [0.1, 0.15) is 11.3 Å². The fourth-order valence-corrected chi connectivity index (χ4v) is 1.45. The molecular formula is C13H19NO4. The number of hydrogen-bond donors (Lipinski definition) is 2. The smallest absolute Gasteiger partial charge is 0.339 e. The molecule has 5 heteroatoms. The molecule has 0 bridgehead atoms. The van der Waals surface area contributed by atoms with Crippen LogP contribution >= 0.6 is 0 Å². The van der Waals surface area contributed by atoms with E-state index < -0.39 is 5.97 Å². The molecule has 1 heterocycles. The maximum absolute atomic E-state index is 11.6. The van der Waals surface area contributed by atoms with Gasteiger partial charge in [-0.2, -0.15) is 0 Å². The van der Waals surface area contributed by atoms with E-state index in [0.717, 1.165) is 6.42 Å². The Morgan fingerprint density at radius 3 is 2.61 bits per heavy atom. The van der Waals surface area contributed by atoms with E-state index in [1.165, 1.54) is 12.3 Å². The van der Waals surface area contributed by atoms with Gasteiger partial charge in [0.15, 0.2) is 0 Å². The highest BCUT2D eigenvalue weighted by atomic mass is 16.4. The van der Waals surface area contributed by atoms with Crippen LogP contribution in [0, 0.1) is 5.41 Å². The van der Waals surface area contributed by atoms with Crippen LogP contribution in [0.1, 0.15) is 43.3 Å². The summed E-state index contributed by atoms with van der Waals surface area (Å²) in [7, 11) is 0. The second kappa shape index (κ2) is 5.71. The quantitative estimate of drug-likeness (QED) is 0.841. The first-order valence-corrected chi connectivity index (χ1v) is 5.86. The molecule has 5 nitrogen and oxygen atoms in total. The first-order chi connectivity index (χ1) is 8.29. The van der Waals surface area contributed by atoms with Crippen molar-refractivity contribution in [3.63, 3.8) is 0 Å². The van der Waals surface area contributed by atoms with E-state index in [1.807, 2.05) is 0 Å². The molecule has 100 valence electrons. The van der Waals surface area contributed by atoms with Gasteiger partial charge >= 0.3 is 5.97 Å². The molecule has 0 aliphatic heterocycles. The Morgan fingerprint density at radius 2 is 2.06 bits per heavy atom. The predicted molar refractivity (Wildman–Crippen MR) is 66.5 cm³/mol. The number of carboxylic acid groups (broad SMARTS) is 1. The molecule has 0 fully saturated rings. The topological polar surface area (TPSA) is 79.5 Å². The first-order valence-electron chi connectivity index (χ1n) is 5.86. The number of nitrogens with one attached hydrogen (secondary N) is 1. The van der Waals surface area contributed by atoms with Gasteiger partial charge in [-0.05, 0) is 17.9 Å². The Kier molecular flexibility index (Phi) is 4.53. The van der Waals surface area contributed by atoms with Crippen molar-refractivity contribution < 1.29 is 19.1 Å². The summed E-state index contributed by atoms with van der Waals surface area (Å²) in [5.74, 6) is -1.12. The fraction of sp³-hybridized carbons (Fsp3) is 0.538. The molecule has 1 rings (SSSR count). The average Bonchev–Trinajstić information content (AvgIpc) is 2.63. The lowest BCUT2D eigenvalue weighted by molar-refractivity contribution is -0.120. The highest BCUT2D eigenvalue weighted by molar-refractivity contribution is 5.90. The minimum Gasteiger partial charge on any atom is -0.478 e. The molecule has 0 spiro atoms. The van der Waals surface area contributed by atoms with Crippen molar-refractivity contribution in [1.29, 1.82) is 0 Å². The number of hydrogen-bond acceptors (Lipinski definition) is 3. The normalized spacial score (nSPS) is 11.3. The third kappa shape index (κ3) is 4.61. The summed E-state index contributed by atoms with van der Waals surface area (Å²) in [5.41, 5.74) is 0.199. The summed E-state index contributed by atoms with van der Waals surface area (Å²) in [4.78, 5) is 22.4. The van der Waals surface area contributed by atoms with E-state index in [2.05, 4.69) is 26.1 Å². The van der Waals surface area contributed by atoms with Crippen LogP contribution in [0.3, 0.4) is 0 Å². The summed E-state index contributed by atoms with van der Waals surface area (Å²) >= 11 is 0. The lowest BCUT2D eigenvalue weighted by Gasteiger charge is -2.17. The van der Waals surface area contributed by atoms with Crippen molar-refractivity contribution in [2.75, 3.05) is 6.54 Å². The predicted octanol–water partition coefficient (Wildman–Crippen LogP) is 2.07. The Balaban J connectivity index is 2.45. The molecule has 1 amide bonds. The molecule has 0 aliphatic carbocycles. The monoisotopic (exact) mass is 253 g/mol. The van der Waals surface area contributed by atoms with Gasteiger partial charge in [-0.25, -0.2) is 4.79 Å². The molecule has 0 unspecified atom stereocenters. The number of furan rings is 1. The van der Waals surface area contributed by atoms with Gasteiger partial charge in [0.05, 0.1) is 12.7 Å². The summed E-state index contributed by atoms with van der Waals surface area (Å²) in [6.45, 7) is 6.85. The molecule has 1 aromatic heterocycles. The van der Waals surface area contributed by atoms with E-state index >= 15 is 0 Å². The largest absolute Gasteiger partial charge is 0.478 e. The van der Waals surface area contributed by atoms with Gasteiger partial charge < -0.3 is 14.8 Å². The summed E-state index contributed by atoms with van der Waals surface area (Å²) in [5, 5.41) is 11.6. The van der Waals surface area contributed by atoms with Gasteiger partial charge in [-0.15, -0.1) is 0 Å². The van der Waals surface area contributed by atoms with Crippen LogP contribution in [-0.2, 0) is 11.2 Å². The third-order valence-electron chi connectivity index (χ3n) is 2.49. The third-order valence-corrected chi connectivity index (χ3v) is 2.49. The second-order valence-electron chi connectivity index (χ2n) is 5.40. The lowest BCUT2D eigenvalue weighted by Crippen LogP contribution is -2.28. The molecule has 0 aromatic carbocycles. The first kappa shape index (κ1) is 14.3. The average molecular weight is 253 g/mol. The minimum atomic E-state index is -1.08. The Bertz CT molecular complexity index is 428. The van der Waals surface area contributed by atoms with Gasteiger partial charge in [0, 0.05) is 6.54 Å². The Morgan fingerprint density at radius 1 is 1.39 bits per heavy atom. The van der Waals surface area contributed by atoms with Crippen molar-refractivity contribution in [3.05, 3.63) is 23.7 Å². The zero-order valence-electron chi connectivity index (χ0n) is 10.9. The van der Waals surface area contributed by atoms with Crippen molar-refractivity contribution in [2.24, 2.45) is 5.41 Å². The number of aromatic carboxylic acids is 1. The van der Waals surface area contributed by atoms with Crippen LogP contribution in [0.2, 0.25) is 0 Å². The highest BCUT2D eigenvalue weighted by Gasteiger charge is 2.17. The van der Waals surface area contributed by atoms with Crippen molar-refractivity contribution in [2.45, 2.75) is 33.6 Å². The van der Waals surface area contributed by atoms with E-state index in [0.29, 0.717) is 6.54 Å². The van der Waals surface area contributed by atoms with Crippen LogP contribution < -0.4 is 5.32 Å². The standard InChI is InChI=1S/C13H19NO4/c1-13(2,3)5-6-14-11(15)8-10-9(12(16)17)4-7-18-10/h4,7H,5-6,8H2,1-3H3,(H,14,15)(H,16,17). The zero-order chi connectivity index (χ0) is 13.8. The number of carbonyl (C=O) groups excluding carboxylic acids is 1. The number of carbonyl (C=O) groups is 2. The molecule has 0 atom stereocenters. The fourth-order valence-electron chi connectivity index (χ4n) is 1.45.